The molecule has 0 aliphatic heterocycles. The molecule has 0 bridgehead atoms. The van der Waals surface area contributed by atoms with Crippen molar-refractivity contribution in [3.63, 3.8) is 0 Å². The number of nitrogens with one attached hydrogen (secondary N) is 2. The highest BCUT2D eigenvalue weighted by atomic mass is 16.5. The Labute approximate surface area is 160 Å². The molecule has 0 amide bonds. The molecule has 0 radical (unpaired) electrons. The number of ether oxygens (including phenoxy) is 1. The first kappa shape index (κ1) is 22.5. The van der Waals surface area contributed by atoms with Gasteiger partial charge < -0.3 is 15.4 Å². The summed E-state index contributed by atoms with van der Waals surface area (Å²) in [6, 6.07) is 9.09. The van der Waals surface area contributed by atoms with E-state index in [1.54, 1.807) is 14.2 Å². The average molecular weight is 363 g/mol. The third kappa shape index (κ3) is 7.34. The van der Waals surface area contributed by atoms with Gasteiger partial charge in [0.2, 0.25) is 0 Å². The van der Waals surface area contributed by atoms with Crippen LogP contribution in [0, 0.1) is 5.41 Å². The van der Waals surface area contributed by atoms with Crippen molar-refractivity contribution in [1.82, 2.24) is 15.5 Å². The fourth-order valence-electron chi connectivity index (χ4n) is 2.67. The van der Waals surface area contributed by atoms with E-state index in [0.29, 0.717) is 6.04 Å². The third-order valence-electron chi connectivity index (χ3n) is 4.79. The van der Waals surface area contributed by atoms with E-state index in [2.05, 4.69) is 86.5 Å². The molecule has 1 unspecified atom stereocenters. The second-order valence-corrected chi connectivity index (χ2v) is 8.17. The predicted octanol–water partition coefficient (Wildman–Crippen LogP) is 3.25. The number of aliphatic imine (C=N–C) groups is 1. The van der Waals surface area contributed by atoms with Gasteiger partial charge in [-0.1, -0.05) is 45.0 Å². The van der Waals surface area contributed by atoms with Crippen molar-refractivity contribution >= 4 is 5.96 Å². The van der Waals surface area contributed by atoms with Crippen LogP contribution in [0.4, 0.5) is 0 Å². The topological polar surface area (TPSA) is 48.9 Å². The lowest BCUT2D eigenvalue weighted by Gasteiger charge is -2.30. The Hall–Kier alpha value is -1.59. The fourth-order valence-corrected chi connectivity index (χ4v) is 2.67. The van der Waals surface area contributed by atoms with Crippen molar-refractivity contribution in [1.29, 1.82) is 0 Å². The molecule has 26 heavy (non-hydrogen) atoms. The van der Waals surface area contributed by atoms with Crippen molar-refractivity contribution in [3.05, 3.63) is 35.4 Å². The average Bonchev–Trinajstić information content (AvgIpc) is 2.57. The van der Waals surface area contributed by atoms with Gasteiger partial charge in [-0.2, -0.15) is 0 Å². The van der Waals surface area contributed by atoms with Crippen molar-refractivity contribution in [2.24, 2.45) is 10.4 Å². The van der Waals surface area contributed by atoms with E-state index in [1.807, 2.05) is 0 Å². The van der Waals surface area contributed by atoms with Crippen molar-refractivity contribution in [3.8, 4) is 0 Å². The molecule has 0 saturated heterocycles. The maximum Gasteiger partial charge on any atom is 0.191 e. The lowest BCUT2D eigenvalue weighted by atomic mass is 9.89. The number of benzene rings is 1. The van der Waals surface area contributed by atoms with Crippen LogP contribution in [-0.4, -0.2) is 50.8 Å². The van der Waals surface area contributed by atoms with Crippen molar-refractivity contribution in [2.75, 3.05) is 27.7 Å². The Kier molecular flexibility index (Phi) is 9.09. The molecule has 2 N–H and O–H groups in total. The van der Waals surface area contributed by atoms with Crippen LogP contribution >= 0.6 is 0 Å². The molecule has 5 nitrogen and oxygen atoms in total. The van der Waals surface area contributed by atoms with E-state index in [4.69, 9.17) is 4.74 Å². The summed E-state index contributed by atoms with van der Waals surface area (Å²) in [7, 11) is 5.72. The summed E-state index contributed by atoms with van der Waals surface area (Å²) in [5.74, 6) is 0.795. The van der Waals surface area contributed by atoms with Gasteiger partial charge in [0.05, 0.1) is 6.10 Å². The van der Waals surface area contributed by atoms with Gasteiger partial charge in [0, 0.05) is 39.8 Å². The van der Waals surface area contributed by atoms with Crippen molar-refractivity contribution < 1.29 is 4.74 Å². The summed E-state index contributed by atoms with van der Waals surface area (Å²) >= 11 is 0. The molecule has 1 aromatic carbocycles. The largest absolute Gasteiger partial charge is 0.379 e. The monoisotopic (exact) mass is 362 g/mol. The summed E-state index contributed by atoms with van der Waals surface area (Å²) in [5, 5.41) is 6.80. The number of rotatable bonds is 8. The maximum atomic E-state index is 5.61. The van der Waals surface area contributed by atoms with Gasteiger partial charge >= 0.3 is 0 Å². The Morgan fingerprint density at radius 2 is 1.77 bits per heavy atom. The maximum absolute atomic E-state index is 5.61. The lowest BCUT2D eigenvalue weighted by Crippen LogP contribution is -2.45. The molecule has 1 rings (SSSR count). The van der Waals surface area contributed by atoms with E-state index in [0.717, 1.165) is 25.6 Å². The van der Waals surface area contributed by atoms with Gasteiger partial charge in [-0.05, 0) is 37.4 Å². The van der Waals surface area contributed by atoms with Gasteiger partial charge in [-0.15, -0.1) is 0 Å². The molecule has 148 valence electrons. The van der Waals surface area contributed by atoms with E-state index < -0.39 is 0 Å². The molecule has 0 heterocycles. The first-order valence-electron chi connectivity index (χ1n) is 9.43. The summed E-state index contributed by atoms with van der Waals surface area (Å²) in [4.78, 5) is 6.68. The molecule has 0 aliphatic carbocycles. The molecule has 0 saturated carbocycles. The molecule has 0 fully saturated rings. The highest BCUT2D eigenvalue weighted by molar-refractivity contribution is 5.79. The Morgan fingerprint density at radius 3 is 2.27 bits per heavy atom. The second kappa shape index (κ2) is 10.5. The summed E-state index contributed by atoms with van der Waals surface area (Å²) in [6.45, 7) is 13.4. The number of nitrogens with zero attached hydrogens (tertiary/aromatic N) is 2. The number of methoxy groups -OCH3 is 1. The van der Waals surface area contributed by atoms with Crippen LogP contribution in [0.1, 0.15) is 45.7 Å². The highest BCUT2D eigenvalue weighted by Crippen LogP contribution is 2.20. The van der Waals surface area contributed by atoms with E-state index in [-0.39, 0.29) is 11.5 Å². The van der Waals surface area contributed by atoms with Crippen LogP contribution in [0.25, 0.3) is 0 Å². The predicted molar refractivity (Wildman–Crippen MR) is 111 cm³/mol. The SMILES string of the molecule is CN=C(NCc1ccccc1CN(C)C(C)C)NCC(OC)C(C)(C)C. The molecule has 0 aliphatic rings. The van der Waals surface area contributed by atoms with Crippen LogP contribution in [0.5, 0.6) is 0 Å². The Morgan fingerprint density at radius 1 is 1.15 bits per heavy atom. The third-order valence-corrected chi connectivity index (χ3v) is 4.79. The molecular weight excluding hydrogens is 324 g/mol. The lowest BCUT2D eigenvalue weighted by molar-refractivity contribution is 0.0205. The van der Waals surface area contributed by atoms with Gasteiger partial charge in [0.25, 0.3) is 0 Å². The number of guanidine groups is 1. The van der Waals surface area contributed by atoms with Crippen molar-refractivity contribution in [2.45, 2.75) is 59.9 Å². The minimum atomic E-state index is 0.0780. The molecule has 1 aromatic rings. The van der Waals surface area contributed by atoms with Crippen LogP contribution in [-0.2, 0) is 17.8 Å². The summed E-state index contributed by atoms with van der Waals surface area (Å²) in [6.07, 6.45) is 0.119. The Balaban J connectivity index is 2.67. The quantitative estimate of drug-likeness (QED) is 0.550. The fraction of sp³-hybridized carbons (Fsp3) is 0.667. The first-order valence-corrected chi connectivity index (χ1v) is 9.43. The smallest absolute Gasteiger partial charge is 0.191 e. The minimum Gasteiger partial charge on any atom is -0.379 e. The number of hydrogen-bond donors (Lipinski definition) is 2. The zero-order chi connectivity index (χ0) is 19.7. The normalized spacial score (nSPS) is 14.0. The van der Waals surface area contributed by atoms with Crippen LogP contribution < -0.4 is 10.6 Å². The van der Waals surface area contributed by atoms with Gasteiger partial charge in [0.1, 0.15) is 0 Å². The van der Waals surface area contributed by atoms with Gasteiger partial charge in [-0.3, -0.25) is 9.89 Å². The molecule has 0 aromatic heterocycles. The van der Waals surface area contributed by atoms with E-state index in [1.165, 1.54) is 11.1 Å². The number of hydrogen-bond acceptors (Lipinski definition) is 3. The molecule has 1 atom stereocenters. The van der Waals surface area contributed by atoms with Gasteiger partial charge in [0.15, 0.2) is 5.96 Å². The first-order chi connectivity index (χ1) is 12.2. The summed E-state index contributed by atoms with van der Waals surface area (Å²) in [5.41, 5.74) is 2.72. The molecule has 0 spiro atoms. The van der Waals surface area contributed by atoms with Crippen LogP contribution in [0.3, 0.4) is 0 Å². The highest BCUT2D eigenvalue weighted by Gasteiger charge is 2.24. The van der Waals surface area contributed by atoms with E-state index in [9.17, 15) is 0 Å². The zero-order valence-corrected chi connectivity index (χ0v) is 17.9. The van der Waals surface area contributed by atoms with Crippen LogP contribution in [0.2, 0.25) is 0 Å². The van der Waals surface area contributed by atoms with Crippen LogP contribution in [0.15, 0.2) is 29.3 Å². The molecule has 5 heteroatoms. The Bertz CT molecular complexity index is 563. The van der Waals surface area contributed by atoms with E-state index >= 15 is 0 Å². The molecular formula is C21H38N4O. The zero-order valence-electron chi connectivity index (χ0n) is 17.9. The minimum absolute atomic E-state index is 0.0780. The standard InChI is InChI=1S/C21H38N4O/c1-16(2)25(7)15-18-12-10-9-11-17(18)13-23-20(22-6)24-14-19(26-8)21(3,4)5/h9-12,16,19H,13-15H2,1-8H3,(H2,22,23,24). The summed E-state index contributed by atoms with van der Waals surface area (Å²) < 4.78 is 5.61. The second-order valence-electron chi connectivity index (χ2n) is 8.17. The van der Waals surface area contributed by atoms with Gasteiger partial charge in [-0.25, -0.2) is 0 Å².